The molecule has 0 amide bonds. The second-order valence-electron chi connectivity index (χ2n) is 3.72. The third kappa shape index (κ3) is 4.69. The van der Waals surface area contributed by atoms with Crippen LogP contribution in [0.5, 0.6) is 0 Å². The first-order chi connectivity index (χ1) is 8.04. The topological polar surface area (TPSA) is 52.3 Å². The van der Waals surface area contributed by atoms with Crippen molar-refractivity contribution in [2.75, 3.05) is 12.9 Å². The lowest BCUT2D eigenvalue weighted by Crippen LogP contribution is -2.23. The van der Waals surface area contributed by atoms with E-state index >= 15 is 0 Å². The van der Waals surface area contributed by atoms with Gasteiger partial charge in [-0.2, -0.15) is 0 Å². The number of hydrogen-bond donors (Lipinski definition) is 1. The zero-order chi connectivity index (χ0) is 12.8. The molecule has 0 aliphatic carbocycles. The van der Waals surface area contributed by atoms with Crippen molar-refractivity contribution in [3.05, 3.63) is 34.3 Å². The summed E-state index contributed by atoms with van der Waals surface area (Å²) < 4.78 is 5.66. The van der Waals surface area contributed by atoms with Crippen LogP contribution in [0, 0.1) is 0 Å². The fraction of sp³-hybridized carbons (Fsp3) is 0.417. The molecule has 0 aliphatic heterocycles. The molecule has 0 fully saturated rings. The van der Waals surface area contributed by atoms with Crippen LogP contribution < -0.4 is 5.73 Å². The van der Waals surface area contributed by atoms with Gasteiger partial charge in [0.1, 0.15) is 0 Å². The number of methoxy groups -OCH3 is 1. The van der Waals surface area contributed by atoms with Crippen LogP contribution in [0.3, 0.4) is 0 Å². The Bertz CT molecular complexity index is 367. The molecule has 0 radical (unpaired) electrons. The Labute approximate surface area is 114 Å². The average molecular weight is 318 g/mol. The SMILES string of the molecule is COC(=O)CSC(c1ccc(Br)cc1)C(C)N. The monoisotopic (exact) mass is 317 g/mol. The Balaban J connectivity index is 2.72. The molecule has 94 valence electrons. The molecule has 17 heavy (non-hydrogen) atoms. The van der Waals surface area contributed by atoms with Gasteiger partial charge >= 0.3 is 5.97 Å². The highest BCUT2D eigenvalue weighted by atomic mass is 79.9. The van der Waals surface area contributed by atoms with E-state index in [1.807, 2.05) is 31.2 Å². The molecule has 2 unspecified atom stereocenters. The van der Waals surface area contributed by atoms with Crippen LogP contribution in [0.4, 0.5) is 0 Å². The smallest absolute Gasteiger partial charge is 0.315 e. The summed E-state index contributed by atoms with van der Waals surface area (Å²) in [4.78, 5) is 11.1. The first-order valence-corrected chi connectivity index (χ1v) is 7.08. The maximum atomic E-state index is 11.1. The number of nitrogens with two attached hydrogens (primary N) is 1. The molecule has 0 aliphatic rings. The maximum absolute atomic E-state index is 11.1. The molecule has 2 atom stereocenters. The number of ether oxygens (including phenoxy) is 1. The van der Waals surface area contributed by atoms with E-state index in [2.05, 4.69) is 20.7 Å². The minimum absolute atomic E-state index is 0.0224. The number of benzene rings is 1. The highest BCUT2D eigenvalue weighted by Crippen LogP contribution is 2.31. The fourth-order valence-electron chi connectivity index (χ4n) is 1.42. The molecular formula is C12H16BrNO2S. The van der Waals surface area contributed by atoms with Crippen LogP contribution in [0.1, 0.15) is 17.7 Å². The average Bonchev–Trinajstić information content (AvgIpc) is 2.31. The van der Waals surface area contributed by atoms with Gasteiger partial charge in [0.05, 0.1) is 12.9 Å². The van der Waals surface area contributed by atoms with E-state index in [4.69, 9.17) is 5.73 Å². The fourth-order valence-corrected chi connectivity index (χ4v) is 2.77. The highest BCUT2D eigenvalue weighted by Gasteiger charge is 2.18. The Morgan fingerprint density at radius 1 is 1.47 bits per heavy atom. The number of carbonyl (C=O) groups is 1. The number of thioether (sulfide) groups is 1. The number of esters is 1. The van der Waals surface area contributed by atoms with E-state index in [0.717, 1.165) is 10.0 Å². The number of carbonyl (C=O) groups excluding carboxylic acids is 1. The second kappa shape index (κ2) is 7.03. The third-order valence-electron chi connectivity index (χ3n) is 2.28. The second-order valence-corrected chi connectivity index (χ2v) is 5.76. The molecule has 1 aromatic rings. The van der Waals surface area contributed by atoms with Gasteiger partial charge in [0.25, 0.3) is 0 Å². The molecule has 0 saturated carbocycles. The van der Waals surface area contributed by atoms with E-state index in [9.17, 15) is 4.79 Å². The Hall–Kier alpha value is -0.520. The summed E-state index contributed by atoms with van der Waals surface area (Å²) in [5.41, 5.74) is 7.07. The zero-order valence-electron chi connectivity index (χ0n) is 9.85. The summed E-state index contributed by atoms with van der Waals surface area (Å²) in [5, 5.41) is 0.0993. The summed E-state index contributed by atoms with van der Waals surface area (Å²) in [6.45, 7) is 1.94. The lowest BCUT2D eigenvalue weighted by Gasteiger charge is -2.20. The summed E-state index contributed by atoms with van der Waals surface area (Å²) >= 11 is 4.90. The van der Waals surface area contributed by atoms with Gasteiger partial charge in [-0.15, -0.1) is 11.8 Å². The van der Waals surface area contributed by atoms with Crippen LogP contribution in [0.25, 0.3) is 0 Å². The number of halogens is 1. The Morgan fingerprint density at radius 2 is 2.06 bits per heavy atom. The molecule has 3 nitrogen and oxygen atoms in total. The lowest BCUT2D eigenvalue weighted by atomic mass is 10.1. The van der Waals surface area contributed by atoms with Gasteiger partial charge in [-0.25, -0.2) is 0 Å². The van der Waals surface area contributed by atoms with E-state index in [-0.39, 0.29) is 17.3 Å². The van der Waals surface area contributed by atoms with Crippen molar-refractivity contribution in [1.82, 2.24) is 0 Å². The van der Waals surface area contributed by atoms with Crippen LogP contribution in [0.2, 0.25) is 0 Å². The largest absolute Gasteiger partial charge is 0.468 e. The normalized spacial score (nSPS) is 14.1. The van der Waals surface area contributed by atoms with Crippen LogP contribution in [0.15, 0.2) is 28.7 Å². The molecule has 0 aromatic heterocycles. The molecule has 1 rings (SSSR count). The first-order valence-electron chi connectivity index (χ1n) is 5.24. The van der Waals surface area contributed by atoms with Crippen molar-refractivity contribution in [3.63, 3.8) is 0 Å². The van der Waals surface area contributed by atoms with Gasteiger partial charge in [0.2, 0.25) is 0 Å². The predicted octanol–water partition coefficient (Wildman–Crippen LogP) is 2.74. The molecule has 0 saturated heterocycles. The van der Waals surface area contributed by atoms with E-state index in [1.165, 1.54) is 18.9 Å². The van der Waals surface area contributed by atoms with Crippen molar-refractivity contribution in [2.24, 2.45) is 5.73 Å². The standard InChI is InChI=1S/C12H16BrNO2S/c1-8(14)12(17-7-11(15)16-2)9-3-5-10(13)6-4-9/h3-6,8,12H,7,14H2,1-2H3. The lowest BCUT2D eigenvalue weighted by molar-refractivity contribution is -0.137. The van der Waals surface area contributed by atoms with Gasteiger partial charge in [0.15, 0.2) is 0 Å². The van der Waals surface area contributed by atoms with E-state index in [0.29, 0.717) is 5.75 Å². The van der Waals surface area contributed by atoms with Crippen molar-refractivity contribution < 1.29 is 9.53 Å². The third-order valence-corrected chi connectivity index (χ3v) is 4.28. The summed E-state index contributed by atoms with van der Waals surface area (Å²) in [5.74, 6) is 0.0939. The predicted molar refractivity (Wildman–Crippen MR) is 75.0 cm³/mol. The summed E-state index contributed by atoms with van der Waals surface area (Å²) in [7, 11) is 1.39. The van der Waals surface area contributed by atoms with Crippen LogP contribution in [-0.2, 0) is 9.53 Å². The van der Waals surface area contributed by atoms with Crippen molar-refractivity contribution in [1.29, 1.82) is 0 Å². The van der Waals surface area contributed by atoms with E-state index in [1.54, 1.807) is 0 Å². The quantitative estimate of drug-likeness (QED) is 0.848. The van der Waals surface area contributed by atoms with Crippen LogP contribution >= 0.6 is 27.7 Å². The summed E-state index contributed by atoms with van der Waals surface area (Å²) in [6.07, 6.45) is 0. The molecule has 5 heteroatoms. The number of hydrogen-bond acceptors (Lipinski definition) is 4. The van der Waals surface area contributed by atoms with Crippen molar-refractivity contribution in [3.8, 4) is 0 Å². The first kappa shape index (κ1) is 14.5. The number of rotatable bonds is 5. The van der Waals surface area contributed by atoms with Crippen molar-refractivity contribution >= 4 is 33.7 Å². The molecular weight excluding hydrogens is 302 g/mol. The van der Waals surface area contributed by atoms with Gasteiger partial charge in [-0.3, -0.25) is 4.79 Å². The van der Waals surface area contributed by atoms with Gasteiger partial charge in [-0.1, -0.05) is 28.1 Å². The summed E-state index contributed by atoms with van der Waals surface area (Å²) in [6, 6.07) is 7.96. The molecule has 0 spiro atoms. The molecule has 0 heterocycles. The minimum atomic E-state index is -0.224. The highest BCUT2D eigenvalue weighted by molar-refractivity contribution is 9.10. The van der Waals surface area contributed by atoms with Gasteiger partial charge in [-0.05, 0) is 24.6 Å². The van der Waals surface area contributed by atoms with E-state index < -0.39 is 0 Å². The van der Waals surface area contributed by atoms with Crippen molar-refractivity contribution in [2.45, 2.75) is 18.2 Å². The van der Waals surface area contributed by atoms with Gasteiger partial charge < -0.3 is 10.5 Å². The Kier molecular flexibility index (Phi) is 6.02. The van der Waals surface area contributed by atoms with Gasteiger partial charge in [0, 0.05) is 15.8 Å². The molecule has 2 N–H and O–H groups in total. The molecule has 1 aromatic carbocycles. The zero-order valence-corrected chi connectivity index (χ0v) is 12.3. The maximum Gasteiger partial charge on any atom is 0.315 e. The molecule has 0 bridgehead atoms. The minimum Gasteiger partial charge on any atom is -0.468 e. The Morgan fingerprint density at radius 3 is 2.53 bits per heavy atom. The van der Waals surface area contributed by atoms with Crippen LogP contribution in [-0.4, -0.2) is 24.9 Å².